The SMILES string of the molecule is CCC1(C)CNC(CC(C)C)CN1CCCCOC. The largest absolute Gasteiger partial charge is 0.385 e. The average Bonchev–Trinajstić information content (AvgIpc) is 2.37. The predicted octanol–water partition coefficient (Wildman–Crippen LogP) is 2.90. The molecule has 1 rings (SSSR count). The zero-order valence-corrected chi connectivity index (χ0v) is 13.7. The van der Waals surface area contributed by atoms with Crippen molar-refractivity contribution in [3.8, 4) is 0 Å². The first-order chi connectivity index (χ1) is 9.01. The first kappa shape index (κ1) is 16.9. The van der Waals surface area contributed by atoms with Gasteiger partial charge in [-0.25, -0.2) is 0 Å². The van der Waals surface area contributed by atoms with Crippen LogP contribution in [0.4, 0.5) is 0 Å². The van der Waals surface area contributed by atoms with Crippen molar-refractivity contribution in [2.75, 3.05) is 33.4 Å². The Kier molecular flexibility index (Phi) is 7.33. The second-order valence-corrected chi connectivity index (χ2v) is 6.70. The van der Waals surface area contributed by atoms with E-state index in [9.17, 15) is 0 Å². The number of unbranched alkanes of at least 4 members (excludes halogenated alkanes) is 1. The van der Waals surface area contributed by atoms with Crippen LogP contribution >= 0.6 is 0 Å². The fraction of sp³-hybridized carbons (Fsp3) is 1.00. The molecule has 1 heterocycles. The third-order valence-electron chi connectivity index (χ3n) is 4.52. The van der Waals surface area contributed by atoms with E-state index in [0.717, 1.165) is 19.1 Å². The Labute approximate surface area is 120 Å². The molecule has 0 aromatic carbocycles. The minimum atomic E-state index is 0.334. The minimum Gasteiger partial charge on any atom is -0.385 e. The van der Waals surface area contributed by atoms with Crippen LogP contribution in [0.3, 0.4) is 0 Å². The van der Waals surface area contributed by atoms with Crippen molar-refractivity contribution in [1.29, 1.82) is 0 Å². The summed E-state index contributed by atoms with van der Waals surface area (Å²) in [6.45, 7) is 13.8. The van der Waals surface area contributed by atoms with Crippen molar-refractivity contribution >= 4 is 0 Å². The molecule has 0 aliphatic carbocycles. The molecule has 3 heteroatoms. The number of rotatable bonds is 8. The van der Waals surface area contributed by atoms with Gasteiger partial charge < -0.3 is 10.1 Å². The summed E-state index contributed by atoms with van der Waals surface area (Å²) in [6, 6.07) is 0.669. The smallest absolute Gasteiger partial charge is 0.0462 e. The maximum atomic E-state index is 5.15. The highest BCUT2D eigenvalue weighted by Crippen LogP contribution is 2.25. The summed E-state index contributed by atoms with van der Waals surface area (Å²) in [5.74, 6) is 0.777. The van der Waals surface area contributed by atoms with E-state index in [4.69, 9.17) is 4.74 Å². The lowest BCUT2D eigenvalue weighted by Gasteiger charge is -2.48. The van der Waals surface area contributed by atoms with E-state index in [0.29, 0.717) is 11.6 Å². The first-order valence-corrected chi connectivity index (χ1v) is 7.99. The summed E-state index contributed by atoms with van der Waals surface area (Å²) in [5.41, 5.74) is 0.334. The zero-order chi connectivity index (χ0) is 14.3. The molecule has 0 saturated carbocycles. The van der Waals surface area contributed by atoms with E-state index >= 15 is 0 Å². The molecule has 19 heavy (non-hydrogen) atoms. The van der Waals surface area contributed by atoms with Crippen molar-refractivity contribution in [2.45, 2.75) is 65.0 Å². The summed E-state index contributed by atoms with van der Waals surface area (Å²) in [6.07, 6.45) is 4.93. The van der Waals surface area contributed by atoms with Crippen LogP contribution in [0.5, 0.6) is 0 Å². The van der Waals surface area contributed by atoms with Crippen LogP contribution in [0, 0.1) is 5.92 Å². The number of hydrogen-bond donors (Lipinski definition) is 1. The molecule has 1 aliphatic rings. The van der Waals surface area contributed by atoms with E-state index < -0.39 is 0 Å². The Balaban J connectivity index is 2.48. The van der Waals surface area contributed by atoms with Gasteiger partial charge in [-0.05, 0) is 45.1 Å². The van der Waals surface area contributed by atoms with Gasteiger partial charge >= 0.3 is 0 Å². The van der Waals surface area contributed by atoms with Crippen molar-refractivity contribution in [2.24, 2.45) is 5.92 Å². The number of nitrogens with zero attached hydrogens (tertiary/aromatic N) is 1. The molecule has 3 nitrogen and oxygen atoms in total. The molecule has 114 valence electrons. The molecule has 1 saturated heterocycles. The van der Waals surface area contributed by atoms with Gasteiger partial charge in [0.15, 0.2) is 0 Å². The number of nitrogens with one attached hydrogen (secondary N) is 1. The standard InChI is InChI=1S/C16H34N2O/c1-6-16(4)13-17-15(11-14(2)3)12-18(16)9-7-8-10-19-5/h14-15,17H,6-13H2,1-5H3. The summed E-state index contributed by atoms with van der Waals surface area (Å²) >= 11 is 0. The zero-order valence-electron chi connectivity index (χ0n) is 13.7. The topological polar surface area (TPSA) is 24.5 Å². The lowest BCUT2D eigenvalue weighted by atomic mass is 9.89. The van der Waals surface area contributed by atoms with Crippen LogP contribution in [-0.2, 0) is 4.74 Å². The van der Waals surface area contributed by atoms with Crippen LogP contribution in [-0.4, -0.2) is 49.8 Å². The number of piperazine rings is 1. The fourth-order valence-corrected chi connectivity index (χ4v) is 3.01. The van der Waals surface area contributed by atoms with E-state index in [1.807, 2.05) is 0 Å². The fourth-order valence-electron chi connectivity index (χ4n) is 3.01. The van der Waals surface area contributed by atoms with Crippen LogP contribution in [0.1, 0.15) is 53.4 Å². The predicted molar refractivity (Wildman–Crippen MR) is 82.6 cm³/mol. The Hall–Kier alpha value is -0.120. The van der Waals surface area contributed by atoms with E-state index in [-0.39, 0.29) is 0 Å². The minimum absolute atomic E-state index is 0.334. The highest BCUT2D eigenvalue weighted by atomic mass is 16.5. The number of methoxy groups -OCH3 is 1. The van der Waals surface area contributed by atoms with Gasteiger partial charge in [0, 0.05) is 38.4 Å². The Morgan fingerprint density at radius 3 is 2.68 bits per heavy atom. The van der Waals surface area contributed by atoms with E-state index in [1.165, 1.54) is 38.8 Å². The second-order valence-electron chi connectivity index (χ2n) is 6.70. The molecule has 0 aromatic heterocycles. The van der Waals surface area contributed by atoms with Gasteiger partial charge in [0.1, 0.15) is 0 Å². The van der Waals surface area contributed by atoms with Crippen molar-refractivity contribution < 1.29 is 4.74 Å². The third kappa shape index (κ3) is 5.41. The number of ether oxygens (including phenoxy) is 1. The molecule has 0 aromatic rings. The van der Waals surface area contributed by atoms with Gasteiger partial charge in [-0.15, -0.1) is 0 Å². The molecule has 0 spiro atoms. The van der Waals surface area contributed by atoms with Crippen molar-refractivity contribution in [3.05, 3.63) is 0 Å². The maximum absolute atomic E-state index is 5.15. The summed E-state index contributed by atoms with van der Waals surface area (Å²) in [5, 5.41) is 3.76. The van der Waals surface area contributed by atoms with Gasteiger partial charge in [0.05, 0.1) is 0 Å². The summed E-state index contributed by atoms with van der Waals surface area (Å²) < 4.78 is 5.15. The molecule has 0 bridgehead atoms. The van der Waals surface area contributed by atoms with Gasteiger partial charge in [0.2, 0.25) is 0 Å². The third-order valence-corrected chi connectivity index (χ3v) is 4.52. The quantitative estimate of drug-likeness (QED) is 0.686. The van der Waals surface area contributed by atoms with Crippen LogP contribution in [0.2, 0.25) is 0 Å². The van der Waals surface area contributed by atoms with Gasteiger partial charge in [-0.3, -0.25) is 4.90 Å². The van der Waals surface area contributed by atoms with Gasteiger partial charge in [0.25, 0.3) is 0 Å². The molecule has 1 aliphatic heterocycles. The van der Waals surface area contributed by atoms with Crippen molar-refractivity contribution in [1.82, 2.24) is 10.2 Å². The van der Waals surface area contributed by atoms with Crippen LogP contribution in [0.25, 0.3) is 0 Å². The molecule has 1 N–H and O–H groups in total. The molecule has 0 radical (unpaired) electrons. The molecule has 2 unspecified atom stereocenters. The molecular formula is C16H34N2O. The Morgan fingerprint density at radius 2 is 2.11 bits per heavy atom. The van der Waals surface area contributed by atoms with Crippen molar-refractivity contribution in [3.63, 3.8) is 0 Å². The highest BCUT2D eigenvalue weighted by molar-refractivity contribution is 4.95. The lowest BCUT2D eigenvalue weighted by Crippen LogP contribution is -2.63. The van der Waals surface area contributed by atoms with E-state index in [2.05, 4.69) is 37.9 Å². The average molecular weight is 270 g/mol. The maximum Gasteiger partial charge on any atom is 0.0462 e. The molecule has 1 fully saturated rings. The normalized spacial score (nSPS) is 29.1. The highest BCUT2D eigenvalue weighted by Gasteiger charge is 2.35. The Morgan fingerprint density at radius 1 is 1.37 bits per heavy atom. The van der Waals surface area contributed by atoms with Gasteiger partial charge in [-0.1, -0.05) is 20.8 Å². The van der Waals surface area contributed by atoms with Crippen LogP contribution in [0.15, 0.2) is 0 Å². The van der Waals surface area contributed by atoms with Crippen LogP contribution < -0.4 is 5.32 Å². The monoisotopic (exact) mass is 270 g/mol. The summed E-state index contributed by atoms with van der Waals surface area (Å²) in [7, 11) is 1.79. The van der Waals surface area contributed by atoms with Gasteiger partial charge in [-0.2, -0.15) is 0 Å². The lowest BCUT2D eigenvalue weighted by molar-refractivity contribution is 0.0411. The second kappa shape index (κ2) is 8.23. The van der Waals surface area contributed by atoms with E-state index in [1.54, 1.807) is 7.11 Å². The summed E-state index contributed by atoms with van der Waals surface area (Å²) in [4.78, 5) is 2.71. The molecule has 2 atom stereocenters. The molecule has 0 amide bonds. The molecular weight excluding hydrogens is 236 g/mol. The Bertz CT molecular complexity index is 245. The number of hydrogen-bond acceptors (Lipinski definition) is 3. The first-order valence-electron chi connectivity index (χ1n) is 7.99.